The molecule has 2 heterocycles. The molecule has 0 spiro atoms. The van der Waals surface area contributed by atoms with E-state index in [2.05, 4.69) is 0 Å². The molecule has 0 unspecified atom stereocenters. The first-order valence-corrected chi connectivity index (χ1v) is 6.40. The molecule has 0 saturated carbocycles. The predicted molar refractivity (Wildman–Crippen MR) is 78.4 cm³/mol. The highest BCUT2D eigenvalue weighted by molar-refractivity contribution is 6.30. The van der Waals surface area contributed by atoms with E-state index in [1.807, 2.05) is 0 Å². The van der Waals surface area contributed by atoms with Crippen molar-refractivity contribution < 1.29 is 4.92 Å². The Balaban J connectivity index is 2.62. The van der Waals surface area contributed by atoms with Gasteiger partial charge in [-0.3, -0.25) is 28.8 Å². The van der Waals surface area contributed by atoms with E-state index in [-0.39, 0.29) is 22.9 Å². The molecule has 10 heteroatoms. The summed E-state index contributed by atoms with van der Waals surface area (Å²) >= 11 is 5.68. The molecule has 0 aliphatic heterocycles. The molecule has 0 atom stereocenters. The van der Waals surface area contributed by atoms with Crippen molar-refractivity contribution in [1.82, 2.24) is 13.7 Å². The maximum absolute atomic E-state index is 11.9. The highest BCUT2D eigenvalue weighted by Gasteiger charge is 2.14. The first-order valence-electron chi connectivity index (χ1n) is 6.02. The zero-order valence-electron chi connectivity index (χ0n) is 11.6. The number of pyridine rings is 1. The van der Waals surface area contributed by atoms with Crippen molar-refractivity contribution in [3.05, 3.63) is 70.4 Å². The van der Waals surface area contributed by atoms with Gasteiger partial charge < -0.3 is 4.57 Å². The van der Waals surface area contributed by atoms with Gasteiger partial charge in [0.15, 0.2) is 0 Å². The summed E-state index contributed by atoms with van der Waals surface area (Å²) in [5, 5.41) is 10.5. The monoisotopic (exact) mass is 326 g/mol. The highest BCUT2D eigenvalue weighted by Crippen LogP contribution is 2.14. The average molecular weight is 327 g/mol. The fourth-order valence-corrected chi connectivity index (χ4v) is 2.13. The Morgan fingerprint density at radius 3 is 2.41 bits per heavy atom. The quantitative estimate of drug-likeness (QED) is 0.576. The van der Waals surface area contributed by atoms with Crippen molar-refractivity contribution >= 4 is 17.3 Å². The topological polar surface area (TPSA) is 109 Å². The molecule has 2 aromatic rings. The lowest BCUT2D eigenvalue weighted by Crippen LogP contribution is -2.39. The van der Waals surface area contributed by atoms with E-state index in [4.69, 9.17) is 11.6 Å². The number of nitrogens with zero attached hydrogens (tertiary/aromatic N) is 4. The molecule has 116 valence electrons. The maximum Gasteiger partial charge on any atom is 0.330 e. The zero-order valence-corrected chi connectivity index (χ0v) is 12.4. The molecule has 0 N–H and O–H groups in total. The molecular formula is C12H11ClN4O5. The van der Waals surface area contributed by atoms with Crippen LogP contribution in [0.5, 0.6) is 0 Å². The summed E-state index contributed by atoms with van der Waals surface area (Å²) in [7, 11) is 2.76. The maximum atomic E-state index is 11.9. The molecule has 2 aromatic heterocycles. The number of halogens is 1. The summed E-state index contributed by atoms with van der Waals surface area (Å²) in [5.41, 5.74) is -1.89. The summed E-state index contributed by atoms with van der Waals surface area (Å²) in [4.78, 5) is 45.5. The SMILES string of the molecule is Cn1c(Cn2cc([N+](=O)[O-])cc(Cl)c2=O)cc(=O)n(C)c1=O. The lowest BCUT2D eigenvalue weighted by molar-refractivity contribution is -0.385. The first-order chi connectivity index (χ1) is 10.2. The van der Waals surface area contributed by atoms with E-state index in [0.717, 1.165) is 21.4 Å². The Kier molecular flexibility index (Phi) is 4.00. The fraction of sp³-hybridized carbons (Fsp3) is 0.250. The average Bonchev–Trinajstić information content (AvgIpc) is 2.46. The van der Waals surface area contributed by atoms with Crippen LogP contribution in [0.2, 0.25) is 5.02 Å². The number of rotatable bonds is 3. The van der Waals surface area contributed by atoms with Gasteiger partial charge in [0, 0.05) is 31.9 Å². The molecule has 0 bridgehead atoms. The Labute approximate surface area is 127 Å². The van der Waals surface area contributed by atoms with Crippen molar-refractivity contribution in [3.8, 4) is 0 Å². The summed E-state index contributed by atoms with van der Waals surface area (Å²) in [6.07, 6.45) is 1.01. The molecule has 0 amide bonds. The molecule has 0 aliphatic carbocycles. The molecule has 9 nitrogen and oxygen atoms in total. The smallest absolute Gasteiger partial charge is 0.302 e. The van der Waals surface area contributed by atoms with E-state index >= 15 is 0 Å². The number of nitro groups is 1. The van der Waals surface area contributed by atoms with Crippen molar-refractivity contribution in [3.63, 3.8) is 0 Å². The van der Waals surface area contributed by atoms with E-state index in [9.17, 15) is 24.5 Å². The van der Waals surface area contributed by atoms with Gasteiger partial charge in [-0.15, -0.1) is 0 Å². The van der Waals surface area contributed by atoms with Crippen LogP contribution in [0.1, 0.15) is 5.69 Å². The van der Waals surface area contributed by atoms with Crippen LogP contribution in [0.4, 0.5) is 5.69 Å². The van der Waals surface area contributed by atoms with Crippen LogP contribution in [0.25, 0.3) is 0 Å². The minimum Gasteiger partial charge on any atom is -0.302 e. The van der Waals surface area contributed by atoms with Crippen molar-refractivity contribution in [2.45, 2.75) is 6.54 Å². The molecule has 0 aromatic carbocycles. The Hall–Kier alpha value is -2.68. The Bertz CT molecular complexity index is 940. The van der Waals surface area contributed by atoms with Gasteiger partial charge >= 0.3 is 5.69 Å². The second-order valence-electron chi connectivity index (χ2n) is 4.61. The number of aromatic nitrogens is 3. The van der Waals surface area contributed by atoms with Gasteiger partial charge in [0.05, 0.1) is 17.7 Å². The van der Waals surface area contributed by atoms with Crippen LogP contribution in [0.3, 0.4) is 0 Å². The largest absolute Gasteiger partial charge is 0.330 e. The van der Waals surface area contributed by atoms with Crippen LogP contribution in [-0.4, -0.2) is 18.6 Å². The number of hydrogen-bond donors (Lipinski definition) is 0. The summed E-state index contributed by atoms with van der Waals surface area (Å²) < 4.78 is 3.07. The van der Waals surface area contributed by atoms with E-state index < -0.39 is 21.7 Å². The Morgan fingerprint density at radius 1 is 1.18 bits per heavy atom. The second-order valence-corrected chi connectivity index (χ2v) is 5.02. The molecule has 0 aliphatic rings. The normalized spacial score (nSPS) is 10.7. The third kappa shape index (κ3) is 2.70. The standard InChI is InChI=1S/C12H11ClN4O5/c1-14-7(4-10(18)15(2)12(14)20)5-16-6-8(17(21)22)3-9(13)11(16)19/h3-4,6H,5H2,1-2H3. The van der Waals surface area contributed by atoms with Gasteiger partial charge in [0.25, 0.3) is 16.8 Å². The fourth-order valence-electron chi connectivity index (χ4n) is 1.91. The lowest BCUT2D eigenvalue weighted by atomic mass is 10.3. The van der Waals surface area contributed by atoms with Crippen LogP contribution in [0.15, 0.2) is 32.7 Å². The molecular weight excluding hydrogens is 316 g/mol. The van der Waals surface area contributed by atoms with Crippen molar-refractivity contribution in [2.75, 3.05) is 0 Å². The molecule has 0 saturated heterocycles. The van der Waals surface area contributed by atoms with Gasteiger partial charge in [0.1, 0.15) is 5.02 Å². The van der Waals surface area contributed by atoms with E-state index in [1.165, 1.54) is 24.7 Å². The summed E-state index contributed by atoms with van der Waals surface area (Å²) in [5.74, 6) is 0. The van der Waals surface area contributed by atoms with Gasteiger partial charge in [-0.2, -0.15) is 0 Å². The zero-order chi connectivity index (χ0) is 16.6. The van der Waals surface area contributed by atoms with Crippen molar-refractivity contribution in [1.29, 1.82) is 0 Å². The number of hydrogen-bond acceptors (Lipinski definition) is 5. The minimum absolute atomic E-state index is 0.192. The van der Waals surface area contributed by atoms with Gasteiger partial charge in [-0.05, 0) is 0 Å². The van der Waals surface area contributed by atoms with Crippen LogP contribution < -0.4 is 16.8 Å². The summed E-state index contributed by atoms with van der Waals surface area (Å²) in [6.45, 7) is -0.192. The predicted octanol–water partition coefficient (Wildman–Crippen LogP) is -0.144. The van der Waals surface area contributed by atoms with E-state index in [1.54, 1.807) is 0 Å². The molecule has 0 radical (unpaired) electrons. The lowest BCUT2D eigenvalue weighted by Gasteiger charge is -2.11. The second kappa shape index (κ2) is 5.60. The summed E-state index contributed by atoms with van der Waals surface area (Å²) in [6, 6.07) is 2.13. The minimum atomic E-state index is -0.690. The van der Waals surface area contributed by atoms with Gasteiger partial charge in [0.2, 0.25) is 0 Å². The van der Waals surface area contributed by atoms with Crippen molar-refractivity contribution in [2.24, 2.45) is 14.1 Å². The molecule has 2 rings (SSSR count). The molecule has 22 heavy (non-hydrogen) atoms. The van der Waals surface area contributed by atoms with Crippen LogP contribution >= 0.6 is 11.6 Å². The highest BCUT2D eigenvalue weighted by atomic mass is 35.5. The third-order valence-corrected chi connectivity index (χ3v) is 3.47. The first kappa shape index (κ1) is 15.7. The third-order valence-electron chi connectivity index (χ3n) is 3.20. The Morgan fingerprint density at radius 2 is 1.82 bits per heavy atom. The molecule has 0 fully saturated rings. The van der Waals surface area contributed by atoms with Gasteiger partial charge in [-0.25, -0.2) is 4.79 Å². The van der Waals surface area contributed by atoms with Gasteiger partial charge in [-0.1, -0.05) is 11.6 Å². The van der Waals surface area contributed by atoms with Crippen LogP contribution in [0, 0.1) is 10.1 Å². The van der Waals surface area contributed by atoms with E-state index in [0.29, 0.717) is 0 Å². The van der Waals surface area contributed by atoms with Crippen LogP contribution in [-0.2, 0) is 20.6 Å².